The Morgan fingerprint density at radius 3 is 2.73 bits per heavy atom. The van der Waals surface area contributed by atoms with Crippen LogP contribution in [-0.4, -0.2) is 21.6 Å². The van der Waals surface area contributed by atoms with E-state index in [1.807, 2.05) is 60.8 Å². The average Bonchev–Trinajstić information content (AvgIpc) is 3.44. The van der Waals surface area contributed by atoms with Crippen molar-refractivity contribution in [3.8, 4) is 27.8 Å². The number of aromatic nitrogens is 2. The van der Waals surface area contributed by atoms with Gasteiger partial charge in [-0.3, -0.25) is 4.79 Å². The van der Waals surface area contributed by atoms with Crippen molar-refractivity contribution in [3.63, 3.8) is 0 Å². The molecule has 0 radical (unpaired) electrons. The summed E-state index contributed by atoms with van der Waals surface area (Å²) in [5.41, 5.74) is 3.06. The first-order valence-electron chi connectivity index (χ1n) is 9.03. The molecule has 5 nitrogen and oxygen atoms in total. The highest BCUT2D eigenvalue weighted by Crippen LogP contribution is 2.36. The number of nitrogens with one attached hydrogen (secondary N) is 1. The van der Waals surface area contributed by atoms with Crippen molar-refractivity contribution in [1.82, 2.24) is 9.97 Å². The van der Waals surface area contributed by atoms with Gasteiger partial charge in [0.2, 0.25) is 5.91 Å². The molecule has 1 amide bonds. The summed E-state index contributed by atoms with van der Waals surface area (Å²) in [7, 11) is 0. The molecule has 0 unspecified atom stereocenters. The zero-order valence-electron chi connectivity index (χ0n) is 16.0. The number of thiophene rings is 1. The summed E-state index contributed by atoms with van der Waals surface area (Å²) >= 11 is 4.26. The first-order chi connectivity index (χ1) is 14.6. The van der Waals surface area contributed by atoms with E-state index in [0.29, 0.717) is 15.7 Å². The highest BCUT2D eigenvalue weighted by atomic mass is 32.2. The molecule has 0 fully saturated rings. The van der Waals surface area contributed by atoms with Crippen LogP contribution in [0.5, 0.6) is 0 Å². The number of amides is 1. The van der Waals surface area contributed by atoms with Gasteiger partial charge in [-0.1, -0.05) is 48.2 Å². The molecule has 3 aromatic heterocycles. The lowest BCUT2D eigenvalue weighted by molar-refractivity contribution is -0.113. The molecule has 4 aromatic rings. The summed E-state index contributed by atoms with van der Waals surface area (Å²) < 4.78 is 0. The Morgan fingerprint density at radius 2 is 2.07 bits per heavy atom. The molecule has 0 aliphatic heterocycles. The van der Waals surface area contributed by atoms with Gasteiger partial charge < -0.3 is 5.32 Å². The van der Waals surface area contributed by atoms with Crippen LogP contribution in [0.1, 0.15) is 10.4 Å². The molecular weight excluding hydrogens is 432 g/mol. The Balaban J connectivity index is 1.66. The van der Waals surface area contributed by atoms with Crippen molar-refractivity contribution in [3.05, 3.63) is 70.5 Å². The minimum atomic E-state index is -0.178. The predicted molar refractivity (Wildman–Crippen MR) is 124 cm³/mol. The number of pyridine rings is 1. The van der Waals surface area contributed by atoms with Crippen LogP contribution >= 0.6 is 34.4 Å². The molecule has 1 aromatic carbocycles. The van der Waals surface area contributed by atoms with Gasteiger partial charge in [0.25, 0.3) is 0 Å². The Bertz CT molecular complexity index is 1210. The third kappa shape index (κ3) is 4.60. The highest BCUT2D eigenvalue weighted by Gasteiger charge is 2.17. The van der Waals surface area contributed by atoms with E-state index in [2.05, 4.69) is 16.4 Å². The molecule has 8 heteroatoms. The normalized spacial score (nSPS) is 10.5. The molecule has 3 heterocycles. The van der Waals surface area contributed by atoms with Gasteiger partial charge in [-0.15, -0.1) is 22.7 Å². The van der Waals surface area contributed by atoms with E-state index in [0.717, 1.165) is 26.6 Å². The smallest absolute Gasteiger partial charge is 0.236 e. The molecule has 0 atom stereocenters. The topological polar surface area (TPSA) is 78.7 Å². The second-order valence-corrected chi connectivity index (χ2v) is 9.45. The summed E-state index contributed by atoms with van der Waals surface area (Å²) in [6.07, 6.45) is 1.72. The second-order valence-electron chi connectivity index (χ2n) is 6.30. The first kappa shape index (κ1) is 20.3. The number of nitriles is 1. The van der Waals surface area contributed by atoms with Crippen LogP contribution in [0, 0.1) is 18.3 Å². The second kappa shape index (κ2) is 9.22. The number of rotatable bonds is 6. The summed E-state index contributed by atoms with van der Waals surface area (Å²) in [4.78, 5) is 23.3. The summed E-state index contributed by atoms with van der Waals surface area (Å²) in [5, 5.41) is 15.8. The van der Waals surface area contributed by atoms with Gasteiger partial charge in [-0.25, -0.2) is 9.97 Å². The van der Waals surface area contributed by atoms with Gasteiger partial charge in [0, 0.05) is 27.1 Å². The quantitative estimate of drug-likeness (QED) is 0.375. The highest BCUT2D eigenvalue weighted by molar-refractivity contribution is 8.00. The van der Waals surface area contributed by atoms with Crippen molar-refractivity contribution in [2.24, 2.45) is 0 Å². The number of carbonyl (C=O) groups excluding carboxylic acids is 1. The Labute approximate surface area is 186 Å². The third-order valence-electron chi connectivity index (χ3n) is 4.16. The van der Waals surface area contributed by atoms with Crippen molar-refractivity contribution in [2.45, 2.75) is 11.9 Å². The van der Waals surface area contributed by atoms with Crippen molar-refractivity contribution >= 4 is 45.5 Å². The number of aryl methyl sites for hydroxylation is 1. The molecule has 30 heavy (non-hydrogen) atoms. The van der Waals surface area contributed by atoms with Crippen molar-refractivity contribution < 1.29 is 4.79 Å². The number of anilines is 1. The van der Waals surface area contributed by atoms with E-state index < -0.39 is 0 Å². The van der Waals surface area contributed by atoms with Gasteiger partial charge in [-0.2, -0.15) is 5.26 Å². The zero-order chi connectivity index (χ0) is 20.9. The Kier molecular flexibility index (Phi) is 6.23. The van der Waals surface area contributed by atoms with Crippen molar-refractivity contribution in [1.29, 1.82) is 5.26 Å². The fraction of sp³-hybridized carbons (Fsp3) is 0.0909. The Hall–Kier alpha value is -2.99. The summed E-state index contributed by atoms with van der Waals surface area (Å²) in [6, 6.07) is 18.0. The minimum absolute atomic E-state index is 0.141. The van der Waals surface area contributed by atoms with Crippen LogP contribution in [0.4, 0.5) is 5.13 Å². The summed E-state index contributed by atoms with van der Waals surface area (Å²) in [5.74, 6) is -0.0366. The third-order valence-corrected chi connectivity index (χ3v) is 6.87. The largest absolute Gasteiger partial charge is 0.301 e. The van der Waals surface area contributed by atoms with Crippen LogP contribution in [0.3, 0.4) is 0 Å². The molecular formula is C22H16N4OS3. The van der Waals surface area contributed by atoms with Crippen LogP contribution in [-0.2, 0) is 4.79 Å². The number of thiazole rings is 1. The van der Waals surface area contributed by atoms with E-state index in [1.54, 1.807) is 17.5 Å². The monoisotopic (exact) mass is 448 g/mol. The SMILES string of the molecule is Cc1cnc(NC(=O)CSc2nc(-c3ccccc3)cc(-c3cccs3)c2C#N)s1. The van der Waals surface area contributed by atoms with Crippen LogP contribution < -0.4 is 5.32 Å². The standard InChI is InChI=1S/C22H16N4OS3/c1-14-12-24-22(30-14)26-20(27)13-29-21-17(11-23)16(19-8-5-9-28-19)10-18(25-21)15-6-3-2-4-7-15/h2-10,12H,13H2,1H3,(H,24,26,27). The van der Waals surface area contributed by atoms with Gasteiger partial charge in [0.1, 0.15) is 11.1 Å². The molecule has 0 aliphatic carbocycles. The molecule has 0 spiro atoms. The lowest BCUT2D eigenvalue weighted by atomic mass is 10.0. The molecule has 0 aliphatic rings. The van der Waals surface area contributed by atoms with Crippen LogP contribution in [0.2, 0.25) is 0 Å². The summed E-state index contributed by atoms with van der Waals surface area (Å²) in [6.45, 7) is 1.94. The van der Waals surface area contributed by atoms with E-state index in [4.69, 9.17) is 4.98 Å². The molecule has 1 N–H and O–H groups in total. The maximum absolute atomic E-state index is 12.4. The zero-order valence-corrected chi connectivity index (χ0v) is 18.4. The number of hydrogen-bond donors (Lipinski definition) is 1. The molecule has 148 valence electrons. The maximum atomic E-state index is 12.4. The molecule has 0 bridgehead atoms. The minimum Gasteiger partial charge on any atom is -0.301 e. The fourth-order valence-electron chi connectivity index (χ4n) is 2.82. The van der Waals surface area contributed by atoms with Crippen LogP contribution in [0.25, 0.3) is 21.7 Å². The van der Waals surface area contributed by atoms with Gasteiger partial charge >= 0.3 is 0 Å². The predicted octanol–water partition coefficient (Wildman–Crippen LogP) is 5.84. The van der Waals surface area contributed by atoms with Gasteiger partial charge in [0.15, 0.2) is 5.13 Å². The van der Waals surface area contributed by atoms with Crippen LogP contribution in [0.15, 0.2) is 65.1 Å². The van der Waals surface area contributed by atoms with E-state index in [9.17, 15) is 10.1 Å². The lowest BCUT2D eigenvalue weighted by Crippen LogP contribution is -2.14. The Morgan fingerprint density at radius 1 is 1.23 bits per heavy atom. The molecule has 0 saturated carbocycles. The average molecular weight is 449 g/mol. The lowest BCUT2D eigenvalue weighted by Gasteiger charge is -2.11. The molecule has 4 rings (SSSR count). The van der Waals surface area contributed by atoms with E-state index >= 15 is 0 Å². The van der Waals surface area contributed by atoms with Gasteiger partial charge in [0.05, 0.1) is 17.0 Å². The fourth-order valence-corrected chi connectivity index (χ4v) is 5.05. The number of benzene rings is 1. The number of hydrogen-bond acceptors (Lipinski definition) is 7. The maximum Gasteiger partial charge on any atom is 0.236 e. The van der Waals surface area contributed by atoms with Gasteiger partial charge in [-0.05, 0) is 24.4 Å². The number of nitrogens with zero attached hydrogens (tertiary/aromatic N) is 3. The number of carbonyl (C=O) groups is 1. The number of thioether (sulfide) groups is 1. The van der Waals surface area contributed by atoms with E-state index in [1.165, 1.54) is 23.1 Å². The first-order valence-corrected chi connectivity index (χ1v) is 11.7. The van der Waals surface area contributed by atoms with Crippen molar-refractivity contribution in [2.75, 3.05) is 11.1 Å². The van der Waals surface area contributed by atoms with E-state index in [-0.39, 0.29) is 11.7 Å². The molecule has 0 saturated heterocycles.